The zero-order valence-corrected chi connectivity index (χ0v) is 17.9. The second-order valence-corrected chi connectivity index (χ2v) is 9.11. The average molecular weight is 416 g/mol. The second-order valence-electron chi connectivity index (χ2n) is 7.42. The fraction of sp³-hybridized carbons (Fsp3) is 0.409. The highest BCUT2D eigenvalue weighted by atomic mass is 32.2. The van der Waals surface area contributed by atoms with E-state index in [2.05, 4.69) is 17.0 Å². The number of nitrogens with one attached hydrogen (secondary N) is 2. The molecule has 3 rings (SSSR count). The van der Waals surface area contributed by atoms with E-state index in [0.717, 1.165) is 37.9 Å². The van der Waals surface area contributed by atoms with Crippen LogP contribution in [0, 0.1) is 6.92 Å². The highest BCUT2D eigenvalue weighted by Gasteiger charge is 2.22. The lowest BCUT2D eigenvalue weighted by atomic mass is 10.1. The Hall–Kier alpha value is -2.38. The summed E-state index contributed by atoms with van der Waals surface area (Å²) in [6, 6.07) is 12.2. The predicted octanol–water partition coefficient (Wildman–Crippen LogP) is 3.18. The van der Waals surface area contributed by atoms with E-state index in [1.807, 2.05) is 19.1 Å². The van der Waals surface area contributed by atoms with E-state index in [-0.39, 0.29) is 10.8 Å². The van der Waals surface area contributed by atoms with Gasteiger partial charge in [-0.1, -0.05) is 31.5 Å². The third kappa shape index (κ3) is 5.36. The molecular weight excluding hydrogens is 386 g/mol. The quantitative estimate of drug-likeness (QED) is 0.728. The van der Waals surface area contributed by atoms with Gasteiger partial charge in [-0.15, -0.1) is 0 Å². The zero-order chi connectivity index (χ0) is 20.9. The first-order chi connectivity index (χ1) is 13.9. The molecule has 6 nitrogen and oxygen atoms in total. The number of unbranched alkanes of at least 4 members (excludes halogenated alkanes) is 1. The summed E-state index contributed by atoms with van der Waals surface area (Å²) in [7, 11) is -3.78. The third-order valence-corrected chi connectivity index (χ3v) is 6.56. The first-order valence-corrected chi connectivity index (χ1v) is 11.6. The molecule has 0 unspecified atom stereocenters. The van der Waals surface area contributed by atoms with Crippen molar-refractivity contribution in [3.63, 3.8) is 0 Å². The highest BCUT2D eigenvalue weighted by Crippen LogP contribution is 2.21. The molecule has 0 spiro atoms. The Morgan fingerprint density at radius 2 is 1.79 bits per heavy atom. The van der Waals surface area contributed by atoms with Gasteiger partial charge in [0.15, 0.2) is 0 Å². The lowest BCUT2D eigenvalue weighted by molar-refractivity contribution is 0.0735. The predicted molar refractivity (Wildman–Crippen MR) is 116 cm³/mol. The van der Waals surface area contributed by atoms with Crippen molar-refractivity contribution in [1.29, 1.82) is 0 Å². The number of amides is 1. The first kappa shape index (κ1) is 21.3. The van der Waals surface area contributed by atoms with Crippen LogP contribution in [0.4, 0.5) is 5.69 Å². The molecule has 7 heteroatoms. The van der Waals surface area contributed by atoms with Crippen LogP contribution in [0.3, 0.4) is 0 Å². The van der Waals surface area contributed by atoms with Gasteiger partial charge >= 0.3 is 0 Å². The number of sulfonamides is 1. The number of hydrogen-bond acceptors (Lipinski definition) is 4. The number of anilines is 1. The number of rotatable bonds is 7. The highest BCUT2D eigenvalue weighted by molar-refractivity contribution is 7.92. The smallest absolute Gasteiger partial charge is 0.261 e. The van der Waals surface area contributed by atoms with Gasteiger partial charge in [-0.3, -0.25) is 9.52 Å². The van der Waals surface area contributed by atoms with Crippen LogP contribution in [0.2, 0.25) is 0 Å². The Kier molecular flexibility index (Phi) is 6.92. The van der Waals surface area contributed by atoms with E-state index < -0.39 is 10.0 Å². The van der Waals surface area contributed by atoms with E-state index >= 15 is 0 Å². The Balaban J connectivity index is 1.79. The molecule has 1 heterocycles. The van der Waals surface area contributed by atoms with Crippen molar-refractivity contribution in [2.24, 2.45) is 0 Å². The summed E-state index contributed by atoms with van der Waals surface area (Å²) in [6.45, 7) is 6.71. The minimum absolute atomic E-state index is 0.0941. The summed E-state index contributed by atoms with van der Waals surface area (Å²) in [5.41, 5.74) is 2.91. The van der Waals surface area contributed by atoms with Gasteiger partial charge < -0.3 is 10.2 Å². The van der Waals surface area contributed by atoms with Crippen LogP contribution in [0.1, 0.15) is 41.3 Å². The van der Waals surface area contributed by atoms with E-state index in [1.165, 1.54) is 11.6 Å². The van der Waals surface area contributed by atoms with Crippen molar-refractivity contribution < 1.29 is 13.2 Å². The van der Waals surface area contributed by atoms with Gasteiger partial charge in [0.1, 0.15) is 0 Å². The summed E-state index contributed by atoms with van der Waals surface area (Å²) in [5, 5.41) is 3.21. The molecule has 2 N–H and O–H groups in total. The van der Waals surface area contributed by atoms with Crippen LogP contribution in [0.25, 0.3) is 0 Å². The Morgan fingerprint density at radius 1 is 1.10 bits per heavy atom. The monoisotopic (exact) mass is 415 g/mol. The number of hydrogen-bond donors (Lipinski definition) is 2. The summed E-state index contributed by atoms with van der Waals surface area (Å²) in [6.07, 6.45) is 3.22. The van der Waals surface area contributed by atoms with Crippen LogP contribution in [-0.2, 0) is 16.4 Å². The molecule has 1 aliphatic heterocycles. The van der Waals surface area contributed by atoms with Crippen LogP contribution >= 0.6 is 0 Å². The number of carbonyl (C=O) groups is 1. The normalized spacial score (nSPS) is 14.6. The molecule has 156 valence electrons. The SMILES string of the molecule is CCCCc1ccc(NS(=O)(=O)c2ccc(C)c(C(=O)N3CCNCC3)c2)cc1. The summed E-state index contributed by atoms with van der Waals surface area (Å²) >= 11 is 0. The van der Waals surface area contributed by atoms with Gasteiger partial charge in [0.2, 0.25) is 0 Å². The van der Waals surface area contributed by atoms with Gasteiger partial charge in [0.05, 0.1) is 4.90 Å². The molecule has 1 fully saturated rings. The summed E-state index contributed by atoms with van der Waals surface area (Å²) in [5.74, 6) is -0.124. The van der Waals surface area contributed by atoms with Crippen LogP contribution in [-0.4, -0.2) is 45.4 Å². The molecule has 0 aromatic heterocycles. The molecule has 29 heavy (non-hydrogen) atoms. The lowest BCUT2D eigenvalue weighted by Gasteiger charge is -2.28. The van der Waals surface area contributed by atoms with Gasteiger partial charge in [-0.2, -0.15) is 0 Å². The topological polar surface area (TPSA) is 78.5 Å². The number of carbonyl (C=O) groups excluding carboxylic acids is 1. The van der Waals surface area contributed by atoms with Crippen LogP contribution in [0.5, 0.6) is 0 Å². The molecule has 0 saturated carbocycles. The Bertz CT molecular complexity index is 950. The molecule has 2 aromatic rings. The largest absolute Gasteiger partial charge is 0.336 e. The van der Waals surface area contributed by atoms with Gasteiger partial charge in [0.25, 0.3) is 15.9 Å². The number of aryl methyl sites for hydroxylation is 2. The van der Waals surface area contributed by atoms with Gasteiger partial charge in [0, 0.05) is 37.4 Å². The van der Waals surface area contributed by atoms with Gasteiger partial charge in [-0.25, -0.2) is 8.42 Å². The minimum Gasteiger partial charge on any atom is -0.336 e. The Morgan fingerprint density at radius 3 is 2.45 bits per heavy atom. The number of benzene rings is 2. The van der Waals surface area contributed by atoms with Crippen molar-refractivity contribution in [3.8, 4) is 0 Å². The third-order valence-electron chi connectivity index (χ3n) is 5.18. The Labute approximate surface area is 173 Å². The molecule has 1 amide bonds. The fourth-order valence-corrected chi connectivity index (χ4v) is 4.46. The van der Waals surface area contributed by atoms with Crippen molar-refractivity contribution in [3.05, 3.63) is 59.2 Å². The standard InChI is InChI=1S/C22H29N3O3S/c1-3-4-5-18-7-9-19(10-8-18)24-29(27,28)20-11-6-17(2)21(16-20)22(26)25-14-12-23-13-15-25/h6-11,16,23-24H,3-5,12-15H2,1-2H3. The van der Waals surface area contributed by atoms with Crippen molar-refractivity contribution in [2.45, 2.75) is 38.0 Å². The van der Waals surface area contributed by atoms with Crippen molar-refractivity contribution >= 4 is 21.6 Å². The molecular formula is C22H29N3O3S. The van der Waals surface area contributed by atoms with Crippen LogP contribution < -0.4 is 10.0 Å². The molecule has 2 aromatic carbocycles. The van der Waals surface area contributed by atoms with E-state index in [1.54, 1.807) is 29.2 Å². The van der Waals surface area contributed by atoms with Crippen LogP contribution in [0.15, 0.2) is 47.4 Å². The number of nitrogens with zero attached hydrogens (tertiary/aromatic N) is 1. The molecule has 0 aliphatic carbocycles. The average Bonchev–Trinajstić information content (AvgIpc) is 2.73. The van der Waals surface area contributed by atoms with Crippen molar-refractivity contribution in [2.75, 3.05) is 30.9 Å². The first-order valence-electron chi connectivity index (χ1n) is 10.1. The van der Waals surface area contributed by atoms with E-state index in [9.17, 15) is 13.2 Å². The summed E-state index contributed by atoms with van der Waals surface area (Å²) < 4.78 is 28.4. The van der Waals surface area contributed by atoms with E-state index in [4.69, 9.17) is 0 Å². The minimum atomic E-state index is -3.78. The number of piperazine rings is 1. The second kappa shape index (κ2) is 9.41. The molecule has 0 atom stereocenters. The maximum Gasteiger partial charge on any atom is 0.261 e. The van der Waals surface area contributed by atoms with E-state index in [0.29, 0.717) is 24.3 Å². The zero-order valence-electron chi connectivity index (χ0n) is 17.1. The maximum absolute atomic E-state index is 12.9. The van der Waals surface area contributed by atoms with Gasteiger partial charge in [-0.05, 0) is 55.2 Å². The molecule has 0 bridgehead atoms. The molecule has 1 aliphatic rings. The maximum atomic E-state index is 12.9. The lowest BCUT2D eigenvalue weighted by Crippen LogP contribution is -2.46. The molecule has 1 saturated heterocycles. The van der Waals surface area contributed by atoms with Crippen molar-refractivity contribution in [1.82, 2.24) is 10.2 Å². The fourth-order valence-electron chi connectivity index (χ4n) is 3.37. The summed E-state index contributed by atoms with van der Waals surface area (Å²) in [4.78, 5) is 14.7. The molecule has 0 radical (unpaired) electrons.